The van der Waals surface area contributed by atoms with Gasteiger partial charge in [0, 0.05) is 19.0 Å². The van der Waals surface area contributed by atoms with Crippen molar-refractivity contribution < 1.29 is 19.4 Å². The Morgan fingerprint density at radius 1 is 1.12 bits per heavy atom. The molecule has 4 aromatic rings. The van der Waals surface area contributed by atoms with E-state index in [2.05, 4.69) is 25.8 Å². The number of nitrogens with one attached hydrogen (secondary N) is 2. The van der Waals surface area contributed by atoms with Crippen LogP contribution in [-0.4, -0.2) is 41.3 Å². The van der Waals surface area contributed by atoms with Gasteiger partial charge in [-0.2, -0.15) is 10.1 Å². The van der Waals surface area contributed by atoms with Gasteiger partial charge >= 0.3 is 0 Å². The number of carbonyl (C=O) groups is 2. The predicted octanol–water partition coefficient (Wildman–Crippen LogP) is 2.14. The van der Waals surface area contributed by atoms with Crippen molar-refractivity contribution >= 4 is 34.8 Å². The van der Waals surface area contributed by atoms with Crippen LogP contribution in [0.1, 0.15) is 23.3 Å². The number of amides is 2. The molecule has 0 aliphatic heterocycles. The minimum absolute atomic E-state index is 0.0531. The van der Waals surface area contributed by atoms with Crippen LogP contribution in [0.15, 0.2) is 42.7 Å². The molecule has 5 N–H and O–H groups in total. The molecule has 3 heterocycles. The molecule has 0 unspecified atom stereocenters. The van der Waals surface area contributed by atoms with E-state index in [1.807, 2.05) is 0 Å². The van der Waals surface area contributed by atoms with E-state index < -0.39 is 5.91 Å². The van der Waals surface area contributed by atoms with Crippen molar-refractivity contribution in [2.45, 2.75) is 12.8 Å². The molecule has 1 saturated carbocycles. The van der Waals surface area contributed by atoms with Gasteiger partial charge < -0.3 is 20.9 Å². The average Bonchev–Trinajstić information content (AvgIpc) is 3.46. The molecular weight excluding hydrogens is 428 g/mol. The monoisotopic (exact) mass is 448 g/mol. The molecule has 5 rings (SSSR count). The molecular formula is C21H20N8O4. The van der Waals surface area contributed by atoms with Crippen molar-refractivity contribution in [2.75, 3.05) is 16.4 Å². The van der Waals surface area contributed by atoms with Crippen LogP contribution in [0.4, 0.5) is 17.3 Å². The molecule has 1 fully saturated rings. The van der Waals surface area contributed by atoms with Crippen LogP contribution in [0.25, 0.3) is 5.65 Å². The first-order chi connectivity index (χ1) is 15.9. The highest BCUT2D eigenvalue weighted by Gasteiger charge is 2.30. The van der Waals surface area contributed by atoms with Crippen molar-refractivity contribution in [1.82, 2.24) is 24.4 Å². The van der Waals surface area contributed by atoms with Gasteiger partial charge in [0.1, 0.15) is 11.5 Å². The van der Waals surface area contributed by atoms with Crippen molar-refractivity contribution in [3.05, 3.63) is 48.4 Å². The molecule has 1 aliphatic carbocycles. The van der Waals surface area contributed by atoms with E-state index in [9.17, 15) is 14.7 Å². The normalized spacial score (nSPS) is 13.1. The number of nitrogens with two attached hydrogens (primary N) is 1. The van der Waals surface area contributed by atoms with Gasteiger partial charge in [0.2, 0.25) is 11.9 Å². The SMILES string of the molecule is Cn1cc(O)c(C(=O)Nc2cc(Oc3ccc4nc(NC(=O)C5CC5)nn4c3)ccc2N)n1. The lowest BCUT2D eigenvalue weighted by atomic mass is 10.2. The Bertz CT molecular complexity index is 1390. The molecule has 33 heavy (non-hydrogen) atoms. The molecule has 2 amide bonds. The Kier molecular flexibility index (Phi) is 4.81. The van der Waals surface area contributed by atoms with Gasteiger partial charge in [-0.3, -0.25) is 19.6 Å². The summed E-state index contributed by atoms with van der Waals surface area (Å²) < 4.78 is 8.72. The highest BCUT2D eigenvalue weighted by Crippen LogP contribution is 2.31. The van der Waals surface area contributed by atoms with Crippen LogP contribution in [0.3, 0.4) is 0 Å². The van der Waals surface area contributed by atoms with E-state index >= 15 is 0 Å². The standard InChI is InChI=1S/C21H20N8O4/c1-28-10-16(30)18(26-28)20(32)23-15-8-12(4-6-14(15)22)33-13-5-7-17-24-21(27-29(17)9-13)25-19(31)11-2-3-11/h4-11,30H,2-3,22H2,1H3,(H,23,32)(H,25,27,31). The summed E-state index contributed by atoms with van der Waals surface area (Å²) in [4.78, 5) is 28.7. The van der Waals surface area contributed by atoms with E-state index in [0.29, 0.717) is 28.5 Å². The number of hydrogen-bond donors (Lipinski definition) is 4. The molecule has 12 heteroatoms. The number of ether oxygens (including phenoxy) is 1. The Hall–Kier alpha value is -4.61. The molecule has 0 spiro atoms. The molecule has 12 nitrogen and oxygen atoms in total. The average molecular weight is 448 g/mol. The number of hydrogen-bond acceptors (Lipinski definition) is 8. The van der Waals surface area contributed by atoms with Crippen LogP contribution < -0.4 is 21.1 Å². The third-order valence-corrected chi connectivity index (χ3v) is 5.02. The summed E-state index contributed by atoms with van der Waals surface area (Å²) in [5, 5.41) is 23.4. The van der Waals surface area contributed by atoms with Crippen molar-refractivity contribution in [3.63, 3.8) is 0 Å². The smallest absolute Gasteiger partial charge is 0.280 e. The quantitative estimate of drug-likeness (QED) is 0.326. The third-order valence-electron chi connectivity index (χ3n) is 5.02. The lowest BCUT2D eigenvalue weighted by Gasteiger charge is -2.11. The van der Waals surface area contributed by atoms with Crippen molar-refractivity contribution in [3.8, 4) is 17.2 Å². The Morgan fingerprint density at radius 2 is 1.91 bits per heavy atom. The first kappa shape index (κ1) is 20.3. The summed E-state index contributed by atoms with van der Waals surface area (Å²) in [6, 6.07) is 8.20. The van der Waals surface area contributed by atoms with Gasteiger partial charge in [-0.1, -0.05) is 0 Å². The van der Waals surface area contributed by atoms with E-state index in [-0.39, 0.29) is 29.2 Å². The first-order valence-electron chi connectivity index (χ1n) is 10.1. The Balaban J connectivity index is 1.32. The second kappa shape index (κ2) is 7.82. The lowest BCUT2D eigenvalue weighted by Crippen LogP contribution is -2.14. The summed E-state index contributed by atoms with van der Waals surface area (Å²) >= 11 is 0. The van der Waals surface area contributed by atoms with Gasteiger partial charge in [0.05, 0.1) is 23.8 Å². The zero-order valence-electron chi connectivity index (χ0n) is 17.5. The molecule has 0 saturated heterocycles. The molecule has 3 aromatic heterocycles. The van der Waals surface area contributed by atoms with Gasteiger partial charge in [0.15, 0.2) is 17.1 Å². The minimum atomic E-state index is -0.609. The van der Waals surface area contributed by atoms with Gasteiger partial charge in [0.25, 0.3) is 5.91 Å². The number of aromatic hydroxyl groups is 1. The Labute approximate surface area is 187 Å². The predicted molar refractivity (Wildman–Crippen MR) is 118 cm³/mol. The zero-order valence-corrected chi connectivity index (χ0v) is 17.5. The first-order valence-corrected chi connectivity index (χ1v) is 10.1. The topological polar surface area (TPSA) is 162 Å². The van der Waals surface area contributed by atoms with Crippen LogP contribution in [0, 0.1) is 5.92 Å². The number of nitrogen functional groups attached to an aromatic ring is 1. The van der Waals surface area contributed by atoms with Crippen LogP contribution in [0.2, 0.25) is 0 Å². The summed E-state index contributed by atoms with van der Waals surface area (Å²) in [6.07, 6.45) is 4.73. The number of fused-ring (bicyclic) bond motifs is 1. The molecule has 1 aliphatic rings. The molecule has 1 aromatic carbocycles. The van der Waals surface area contributed by atoms with E-state index in [1.165, 1.54) is 15.4 Å². The van der Waals surface area contributed by atoms with E-state index in [1.54, 1.807) is 43.6 Å². The second-order valence-corrected chi connectivity index (χ2v) is 7.71. The highest BCUT2D eigenvalue weighted by molar-refractivity contribution is 6.06. The van der Waals surface area contributed by atoms with Gasteiger partial charge in [-0.15, -0.1) is 5.10 Å². The third kappa shape index (κ3) is 4.26. The maximum absolute atomic E-state index is 12.4. The van der Waals surface area contributed by atoms with E-state index in [4.69, 9.17) is 10.5 Å². The fraction of sp³-hybridized carbons (Fsp3) is 0.190. The number of nitrogens with zero attached hydrogens (tertiary/aromatic N) is 5. The number of rotatable bonds is 6. The fourth-order valence-corrected chi connectivity index (χ4v) is 3.20. The molecule has 0 bridgehead atoms. The van der Waals surface area contributed by atoms with Crippen molar-refractivity contribution in [2.24, 2.45) is 13.0 Å². The van der Waals surface area contributed by atoms with Crippen LogP contribution >= 0.6 is 0 Å². The Morgan fingerprint density at radius 3 is 2.64 bits per heavy atom. The summed E-state index contributed by atoms with van der Waals surface area (Å²) in [5.74, 6) is 0.231. The number of anilines is 3. The van der Waals surface area contributed by atoms with Gasteiger partial charge in [-0.05, 0) is 37.1 Å². The number of benzene rings is 1. The fourth-order valence-electron chi connectivity index (χ4n) is 3.20. The maximum Gasteiger partial charge on any atom is 0.280 e. The van der Waals surface area contributed by atoms with Gasteiger partial charge in [-0.25, -0.2) is 4.52 Å². The number of carbonyl (C=O) groups excluding carboxylic acids is 2. The van der Waals surface area contributed by atoms with Crippen LogP contribution in [-0.2, 0) is 11.8 Å². The summed E-state index contributed by atoms with van der Waals surface area (Å²) in [6.45, 7) is 0. The second-order valence-electron chi connectivity index (χ2n) is 7.71. The maximum atomic E-state index is 12.4. The number of pyridine rings is 1. The van der Waals surface area contributed by atoms with Crippen molar-refractivity contribution in [1.29, 1.82) is 0 Å². The summed E-state index contributed by atoms with van der Waals surface area (Å²) in [7, 11) is 1.59. The number of aryl methyl sites for hydroxylation is 1. The largest absolute Gasteiger partial charge is 0.504 e. The minimum Gasteiger partial charge on any atom is -0.504 e. The molecule has 0 atom stereocenters. The molecule has 0 radical (unpaired) electrons. The summed E-state index contributed by atoms with van der Waals surface area (Å²) in [5.41, 5.74) is 7.02. The number of aromatic nitrogens is 5. The highest BCUT2D eigenvalue weighted by atomic mass is 16.5. The zero-order chi connectivity index (χ0) is 23.1. The molecule has 168 valence electrons. The van der Waals surface area contributed by atoms with E-state index in [0.717, 1.165) is 12.8 Å². The van der Waals surface area contributed by atoms with Crippen LogP contribution in [0.5, 0.6) is 17.2 Å². The lowest BCUT2D eigenvalue weighted by molar-refractivity contribution is -0.117.